The van der Waals surface area contributed by atoms with Gasteiger partial charge in [-0.25, -0.2) is 13.4 Å². The molecule has 2 aromatic rings. The van der Waals surface area contributed by atoms with Crippen molar-refractivity contribution in [1.82, 2.24) is 14.3 Å². The number of piperidine rings is 1. The van der Waals surface area contributed by atoms with E-state index >= 15 is 0 Å². The fourth-order valence-electron chi connectivity index (χ4n) is 2.69. The largest absolute Gasteiger partial charge is 0.430 e. The highest BCUT2D eigenvalue weighted by atomic mass is 32.2. The third kappa shape index (κ3) is 3.81. The van der Waals surface area contributed by atoms with Crippen LogP contribution in [0.3, 0.4) is 0 Å². The van der Waals surface area contributed by atoms with Crippen molar-refractivity contribution in [2.45, 2.75) is 31.1 Å². The molecule has 26 heavy (non-hydrogen) atoms. The van der Waals surface area contributed by atoms with Gasteiger partial charge in [-0.05, 0) is 40.9 Å². The Kier molecular flexibility index (Phi) is 5.14. The summed E-state index contributed by atoms with van der Waals surface area (Å²) >= 11 is 0. The van der Waals surface area contributed by atoms with Crippen LogP contribution in [0, 0.1) is 17.0 Å². The van der Waals surface area contributed by atoms with Crippen LogP contribution < -0.4 is 4.74 Å². The second-order valence-corrected chi connectivity index (χ2v) is 7.87. The lowest BCUT2D eigenvalue weighted by Crippen LogP contribution is -2.35. The molecule has 0 aromatic carbocycles. The summed E-state index contributed by atoms with van der Waals surface area (Å²) in [5, 5.41) is 11.1. The monoisotopic (exact) mass is 378 g/mol. The third-order valence-electron chi connectivity index (χ3n) is 4.03. The van der Waals surface area contributed by atoms with E-state index in [1.165, 1.54) is 28.7 Å². The maximum Gasteiger partial charge on any atom is 0.407 e. The van der Waals surface area contributed by atoms with Gasteiger partial charge < -0.3 is 14.9 Å². The molecule has 3 rings (SSSR count). The average Bonchev–Trinajstić information content (AvgIpc) is 2.64. The summed E-state index contributed by atoms with van der Waals surface area (Å²) in [5.41, 5.74) is 0.486. The SMILES string of the molecule is Cc1ccc(Oc2ccc(S(=O)(=O)N3CCCCC3)cn2)c([N+](=O)[O-])n1. The van der Waals surface area contributed by atoms with E-state index in [1.807, 2.05) is 0 Å². The van der Waals surface area contributed by atoms with Crippen LogP contribution in [0.1, 0.15) is 25.0 Å². The molecule has 1 fully saturated rings. The summed E-state index contributed by atoms with van der Waals surface area (Å²) in [7, 11) is -3.58. The van der Waals surface area contributed by atoms with Gasteiger partial charge in [0, 0.05) is 26.1 Å². The number of nitro groups is 1. The first kappa shape index (κ1) is 18.2. The zero-order valence-corrected chi connectivity index (χ0v) is 15.0. The second-order valence-electron chi connectivity index (χ2n) is 5.93. The van der Waals surface area contributed by atoms with Gasteiger partial charge in [0.05, 0.1) is 6.20 Å². The summed E-state index contributed by atoms with van der Waals surface area (Å²) < 4.78 is 32.0. The summed E-state index contributed by atoms with van der Waals surface area (Å²) in [4.78, 5) is 18.3. The van der Waals surface area contributed by atoms with Crippen molar-refractivity contribution in [2.75, 3.05) is 13.1 Å². The molecular formula is C16H18N4O5S. The molecule has 0 amide bonds. The van der Waals surface area contributed by atoms with Crippen molar-refractivity contribution in [3.63, 3.8) is 0 Å². The molecule has 1 aliphatic heterocycles. The number of rotatable bonds is 5. The third-order valence-corrected chi connectivity index (χ3v) is 5.91. The van der Waals surface area contributed by atoms with E-state index in [2.05, 4.69) is 9.97 Å². The van der Waals surface area contributed by atoms with Crippen molar-refractivity contribution in [3.05, 3.63) is 46.3 Å². The van der Waals surface area contributed by atoms with Crippen LogP contribution in [0.5, 0.6) is 11.6 Å². The normalized spacial score (nSPS) is 15.6. The van der Waals surface area contributed by atoms with Crippen LogP contribution in [0.4, 0.5) is 5.82 Å². The first-order chi connectivity index (χ1) is 12.4. The minimum atomic E-state index is -3.58. The molecule has 9 nitrogen and oxygen atoms in total. The highest BCUT2D eigenvalue weighted by Crippen LogP contribution is 2.29. The van der Waals surface area contributed by atoms with Crippen molar-refractivity contribution in [1.29, 1.82) is 0 Å². The standard InChI is InChI=1S/C16H18N4O5S/c1-12-5-7-14(16(18-12)20(21)22)25-15-8-6-13(11-17-15)26(23,24)19-9-3-2-4-10-19/h5-8,11H,2-4,9-10H2,1H3. The molecular weight excluding hydrogens is 360 g/mol. The summed E-state index contributed by atoms with van der Waals surface area (Å²) in [6.45, 7) is 2.64. The minimum absolute atomic E-state index is 0.0522. The molecule has 0 atom stereocenters. The maximum atomic E-state index is 12.6. The predicted octanol–water partition coefficient (Wildman–Crippen LogP) is 2.66. The Morgan fingerprint density at radius 1 is 1.15 bits per heavy atom. The quantitative estimate of drug-likeness (QED) is 0.580. The van der Waals surface area contributed by atoms with E-state index < -0.39 is 20.8 Å². The van der Waals surface area contributed by atoms with Crippen LogP contribution in [-0.2, 0) is 10.0 Å². The summed E-state index contributed by atoms with van der Waals surface area (Å²) in [6.07, 6.45) is 3.92. The predicted molar refractivity (Wildman–Crippen MR) is 92.5 cm³/mol. The molecule has 0 N–H and O–H groups in total. The molecule has 3 heterocycles. The van der Waals surface area contributed by atoms with E-state index in [-0.39, 0.29) is 16.5 Å². The van der Waals surface area contributed by atoms with Gasteiger partial charge in [0.25, 0.3) is 0 Å². The van der Waals surface area contributed by atoms with Crippen LogP contribution >= 0.6 is 0 Å². The summed E-state index contributed by atoms with van der Waals surface area (Å²) in [6, 6.07) is 5.78. The van der Waals surface area contributed by atoms with Gasteiger partial charge in [-0.1, -0.05) is 6.42 Å². The number of nitrogens with zero attached hydrogens (tertiary/aromatic N) is 4. The van der Waals surface area contributed by atoms with Crippen molar-refractivity contribution >= 4 is 15.8 Å². The number of aryl methyl sites for hydroxylation is 1. The number of sulfonamides is 1. The number of ether oxygens (including phenoxy) is 1. The maximum absolute atomic E-state index is 12.6. The van der Waals surface area contributed by atoms with Crippen molar-refractivity contribution in [3.8, 4) is 11.6 Å². The van der Waals surface area contributed by atoms with Gasteiger partial charge in [-0.3, -0.25) is 0 Å². The van der Waals surface area contributed by atoms with Gasteiger partial charge in [0.1, 0.15) is 10.6 Å². The lowest BCUT2D eigenvalue weighted by atomic mass is 10.2. The smallest absolute Gasteiger partial charge is 0.407 e. The lowest BCUT2D eigenvalue weighted by molar-refractivity contribution is -0.390. The molecule has 0 unspecified atom stereocenters. The Morgan fingerprint density at radius 2 is 1.88 bits per heavy atom. The number of aromatic nitrogens is 2. The van der Waals surface area contributed by atoms with E-state index in [1.54, 1.807) is 13.0 Å². The van der Waals surface area contributed by atoms with Crippen molar-refractivity contribution < 1.29 is 18.1 Å². The molecule has 1 saturated heterocycles. The fraction of sp³-hybridized carbons (Fsp3) is 0.375. The molecule has 0 aliphatic carbocycles. The Labute approximate surface area is 150 Å². The Balaban J connectivity index is 1.81. The first-order valence-electron chi connectivity index (χ1n) is 8.14. The highest BCUT2D eigenvalue weighted by molar-refractivity contribution is 7.89. The van der Waals surface area contributed by atoms with Gasteiger partial charge in [0.15, 0.2) is 0 Å². The zero-order valence-electron chi connectivity index (χ0n) is 14.2. The van der Waals surface area contributed by atoms with Gasteiger partial charge in [-0.15, -0.1) is 0 Å². The number of pyridine rings is 2. The Bertz CT molecular complexity index is 909. The molecule has 0 bridgehead atoms. The minimum Gasteiger partial charge on any atom is -0.430 e. The second kappa shape index (κ2) is 7.34. The molecule has 1 aliphatic rings. The van der Waals surface area contributed by atoms with Gasteiger partial charge in [0.2, 0.25) is 21.7 Å². The zero-order chi connectivity index (χ0) is 18.7. The Morgan fingerprint density at radius 3 is 2.50 bits per heavy atom. The number of hydrogen-bond acceptors (Lipinski definition) is 7. The molecule has 0 saturated carbocycles. The number of hydrogen-bond donors (Lipinski definition) is 0. The van der Waals surface area contributed by atoms with Crippen LogP contribution in [0.2, 0.25) is 0 Å². The first-order valence-corrected chi connectivity index (χ1v) is 9.58. The van der Waals surface area contributed by atoms with Crippen LogP contribution in [0.25, 0.3) is 0 Å². The van der Waals surface area contributed by atoms with E-state index in [4.69, 9.17) is 4.74 Å². The Hall–Kier alpha value is -2.59. The van der Waals surface area contributed by atoms with Crippen molar-refractivity contribution in [2.24, 2.45) is 0 Å². The molecule has 0 spiro atoms. The topological polar surface area (TPSA) is 116 Å². The van der Waals surface area contributed by atoms with E-state index in [9.17, 15) is 18.5 Å². The lowest BCUT2D eigenvalue weighted by Gasteiger charge is -2.25. The van der Waals surface area contributed by atoms with E-state index in [0.717, 1.165) is 19.3 Å². The molecule has 10 heteroatoms. The van der Waals surface area contributed by atoms with Crippen LogP contribution in [0.15, 0.2) is 35.4 Å². The molecule has 138 valence electrons. The highest BCUT2D eigenvalue weighted by Gasteiger charge is 2.26. The van der Waals surface area contributed by atoms with Gasteiger partial charge in [-0.2, -0.15) is 4.31 Å². The van der Waals surface area contributed by atoms with Crippen LogP contribution in [-0.4, -0.2) is 40.7 Å². The van der Waals surface area contributed by atoms with E-state index in [0.29, 0.717) is 18.8 Å². The molecule has 2 aromatic heterocycles. The fourth-order valence-corrected chi connectivity index (χ4v) is 4.15. The summed E-state index contributed by atoms with van der Waals surface area (Å²) in [5.74, 6) is -0.423. The average molecular weight is 378 g/mol. The van der Waals surface area contributed by atoms with Gasteiger partial charge >= 0.3 is 5.82 Å². The molecule has 0 radical (unpaired) electrons.